The van der Waals surface area contributed by atoms with Crippen LogP contribution in [0.5, 0.6) is 0 Å². The van der Waals surface area contributed by atoms with E-state index in [0.29, 0.717) is 5.56 Å². The lowest BCUT2D eigenvalue weighted by atomic mass is 10.1. The van der Waals surface area contributed by atoms with Crippen LogP contribution in [0.25, 0.3) is 10.8 Å². The molecule has 0 aliphatic heterocycles. The van der Waals surface area contributed by atoms with Gasteiger partial charge in [0.1, 0.15) is 5.82 Å². The molecule has 3 rings (SSSR count). The number of benzene rings is 3. The Morgan fingerprint density at radius 2 is 1.71 bits per heavy atom. The van der Waals surface area contributed by atoms with E-state index in [0.717, 1.165) is 15.7 Å². The Labute approximate surface area is 167 Å². The molecular weight excluding hydrogens is 377 g/mol. The predicted molar refractivity (Wildman–Crippen MR) is 109 cm³/mol. The van der Waals surface area contributed by atoms with Crippen molar-refractivity contribution in [2.24, 2.45) is 0 Å². The highest BCUT2D eigenvalue weighted by atomic mass is 32.2. The molecule has 3 aromatic carbocycles. The third-order valence-electron chi connectivity index (χ3n) is 4.23. The maximum atomic E-state index is 13.7. The molecule has 0 aromatic heterocycles. The summed E-state index contributed by atoms with van der Waals surface area (Å²) in [5.74, 6) is -1.10. The number of amides is 1. The van der Waals surface area contributed by atoms with Gasteiger partial charge >= 0.3 is 5.97 Å². The summed E-state index contributed by atoms with van der Waals surface area (Å²) in [7, 11) is 1.55. The number of rotatable bonds is 7. The van der Waals surface area contributed by atoms with Crippen LogP contribution in [0.4, 0.5) is 4.39 Å². The summed E-state index contributed by atoms with van der Waals surface area (Å²) in [5, 5.41) is 2.24. The second-order valence-corrected chi connectivity index (χ2v) is 7.35. The molecule has 0 saturated heterocycles. The fourth-order valence-corrected chi connectivity index (χ4v) is 3.41. The first-order valence-corrected chi connectivity index (χ1v) is 9.76. The summed E-state index contributed by atoms with van der Waals surface area (Å²) in [6, 6.07) is 20.2. The van der Waals surface area contributed by atoms with Gasteiger partial charge in [0, 0.05) is 24.1 Å². The number of likely N-dealkylation sites (N-methyl/N-ethyl adjacent to an activating group) is 1. The van der Waals surface area contributed by atoms with Gasteiger partial charge < -0.3 is 9.64 Å². The molecule has 0 N–H and O–H groups in total. The second kappa shape index (κ2) is 9.37. The molecule has 0 heterocycles. The zero-order valence-corrected chi connectivity index (χ0v) is 16.2. The number of ether oxygens (including phenoxy) is 1. The van der Waals surface area contributed by atoms with Crippen molar-refractivity contribution in [1.29, 1.82) is 0 Å². The van der Waals surface area contributed by atoms with Crippen LogP contribution in [0.15, 0.2) is 71.6 Å². The maximum Gasteiger partial charge on any atom is 0.316 e. The van der Waals surface area contributed by atoms with Crippen molar-refractivity contribution >= 4 is 34.4 Å². The van der Waals surface area contributed by atoms with Crippen LogP contribution in [0.3, 0.4) is 0 Å². The Balaban J connectivity index is 1.45. The Morgan fingerprint density at radius 1 is 1.00 bits per heavy atom. The quantitative estimate of drug-likeness (QED) is 0.441. The molecule has 28 heavy (non-hydrogen) atoms. The fraction of sp³-hybridized carbons (Fsp3) is 0.182. The Morgan fingerprint density at radius 3 is 2.50 bits per heavy atom. The van der Waals surface area contributed by atoms with Gasteiger partial charge in [0.05, 0.1) is 5.75 Å². The topological polar surface area (TPSA) is 46.6 Å². The Hall–Kier alpha value is -2.86. The van der Waals surface area contributed by atoms with Crippen molar-refractivity contribution in [2.45, 2.75) is 11.4 Å². The Kier molecular flexibility index (Phi) is 6.66. The smallest absolute Gasteiger partial charge is 0.316 e. The van der Waals surface area contributed by atoms with Crippen molar-refractivity contribution in [3.63, 3.8) is 0 Å². The summed E-state index contributed by atoms with van der Waals surface area (Å²) >= 11 is 1.36. The number of hydrogen-bond donors (Lipinski definition) is 0. The van der Waals surface area contributed by atoms with Gasteiger partial charge in [-0.3, -0.25) is 9.59 Å². The van der Waals surface area contributed by atoms with Gasteiger partial charge in [-0.25, -0.2) is 4.39 Å². The number of fused-ring (bicyclic) bond motifs is 1. The standard InChI is InChI=1S/C22H20FNO3S/c1-24(13-18-8-4-5-9-20(18)23)21(25)14-27-22(26)15-28-19-11-10-16-6-2-3-7-17(16)12-19/h2-12H,13-15H2,1H3. The SMILES string of the molecule is CN(Cc1ccccc1F)C(=O)COC(=O)CSc1ccc2ccccc2c1. The van der Waals surface area contributed by atoms with Crippen molar-refractivity contribution in [3.05, 3.63) is 78.1 Å². The molecule has 1 amide bonds. The zero-order chi connectivity index (χ0) is 19.9. The van der Waals surface area contributed by atoms with Gasteiger partial charge in [-0.2, -0.15) is 0 Å². The van der Waals surface area contributed by atoms with E-state index in [-0.39, 0.29) is 30.6 Å². The lowest BCUT2D eigenvalue weighted by Crippen LogP contribution is -2.31. The van der Waals surface area contributed by atoms with Crippen LogP contribution in [-0.2, 0) is 20.9 Å². The highest BCUT2D eigenvalue weighted by molar-refractivity contribution is 8.00. The molecule has 0 bridgehead atoms. The van der Waals surface area contributed by atoms with Crippen LogP contribution in [-0.4, -0.2) is 36.2 Å². The third-order valence-corrected chi connectivity index (χ3v) is 5.19. The van der Waals surface area contributed by atoms with Gasteiger partial charge in [-0.1, -0.05) is 48.5 Å². The van der Waals surface area contributed by atoms with E-state index in [9.17, 15) is 14.0 Å². The molecule has 0 spiro atoms. The molecule has 4 nitrogen and oxygen atoms in total. The summed E-state index contributed by atoms with van der Waals surface area (Å²) in [5.41, 5.74) is 0.413. The minimum absolute atomic E-state index is 0.114. The van der Waals surface area contributed by atoms with Crippen LogP contribution >= 0.6 is 11.8 Å². The molecule has 0 saturated carbocycles. The van der Waals surface area contributed by atoms with Crippen LogP contribution < -0.4 is 0 Å². The minimum atomic E-state index is -0.467. The van der Waals surface area contributed by atoms with Crippen molar-refractivity contribution in [2.75, 3.05) is 19.4 Å². The number of thioether (sulfide) groups is 1. The molecule has 3 aromatic rings. The largest absolute Gasteiger partial charge is 0.455 e. The highest BCUT2D eigenvalue weighted by Crippen LogP contribution is 2.23. The molecule has 0 fully saturated rings. The summed E-state index contributed by atoms with van der Waals surface area (Å²) in [4.78, 5) is 26.3. The van der Waals surface area contributed by atoms with Crippen LogP contribution in [0.1, 0.15) is 5.56 Å². The molecule has 0 atom stereocenters. The summed E-state index contributed by atoms with van der Waals surface area (Å²) < 4.78 is 18.7. The van der Waals surface area contributed by atoms with E-state index in [1.165, 1.54) is 22.7 Å². The van der Waals surface area contributed by atoms with E-state index in [1.807, 2.05) is 42.5 Å². The molecular formula is C22H20FNO3S. The van der Waals surface area contributed by atoms with E-state index < -0.39 is 5.97 Å². The van der Waals surface area contributed by atoms with Gasteiger partial charge in [0.2, 0.25) is 0 Å². The molecule has 0 aliphatic carbocycles. The lowest BCUT2D eigenvalue weighted by molar-refractivity contribution is -0.149. The summed E-state index contributed by atoms with van der Waals surface area (Å²) in [6.45, 7) is -0.239. The number of hydrogen-bond acceptors (Lipinski definition) is 4. The number of carbonyl (C=O) groups is 2. The van der Waals surface area contributed by atoms with Crippen LogP contribution in [0, 0.1) is 5.82 Å². The van der Waals surface area contributed by atoms with Gasteiger partial charge in [0.15, 0.2) is 6.61 Å². The molecule has 0 aliphatic rings. The molecule has 0 unspecified atom stereocenters. The number of nitrogens with zero attached hydrogens (tertiary/aromatic N) is 1. The van der Waals surface area contributed by atoms with Crippen molar-refractivity contribution in [3.8, 4) is 0 Å². The van der Waals surface area contributed by atoms with Gasteiger partial charge in [-0.15, -0.1) is 11.8 Å². The van der Waals surface area contributed by atoms with E-state index in [4.69, 9.17) is 4.74 Å². The van der Waals surface area contributed by atoms with E-state index in [2.05, 4.69) is 0 Å². The first kappa shape index (κ1) is 19.9. The monoisotopic (exact) mass is 397 g/mol. The first-order valence-electron chi connectivity index (χ1n) is 8.77. The van der Waals surface area contributed by atoms with Crippen LogP contribution in [0.2, 0.25) is 0 Å². The minimum Gasteiger partial charge on any atom is -0.455 e. The third kappa shape index (κ3) is 5.33. The maximum absolute atomic E-state index is 13.7. The highest BCUT2D eigenvalue weighted by Gasteiger charge is 2.14. The number of halogens is 1. The number of esters is 1. The lowest BCUT2D eigenvalue weighted by Gasteiger charge is -2.17. The zero-order valence-electron chi connectivity index (χ0n) is 15.4. The second-order valence-electron chi connectivity index (χ2n) is 6.30. The first-order chi connectivity index (χ1) is 13.5. The fourth-order valence-electron chi connectivity index (χ4n) is 2.66. The van der Waals surface area contributed by atoms with E-state index >= 15 is 0 Å². The van der Waals surface area contributed by atoms with E-state index in [1.54, 1.807) is 25.2 Å². The van der Waals surface area contributed by atoms with Crippen molar-refractivity contribution in [1.82, 2.24) is 4.90 Å². The summed E-state index contributed by atoms with van der Waals surface area (Å²) in [6.07, 6.45) is 0. The van der Waals surface area contributed by atoms with Gasteiger partial charge in [-0.05, 0) is 29.0 Å². The van der Waals surface area contributed by atoms with Crippen molar-refractivity contribution < 1.29 is 18.7 Å². The Bertz CT molecular complexity index is 992. The molecule has 0 radical (unpaired) electrons. The average molecular weight is 397 g/mol. The molecule has 6 heteroatoms. The predicted octanol–water partition coefficient (Wildman–Crippen LogP) is 4.27. The molecule has 144 valence electrons. The average Bonchev–Trinajstić information content (AvgIpc) is 2.71. The number of carbonyl (C=O) groups excluding carboxylic acids is 2. The normalized spacial score (nSPS) is 10.6. The van der Waals surface area contributed by atoms with Gasteiger partial charge in [0.25, 0.3) is 5.91 Å².